The van der Waals surface area contributed by atoms with Crippen molar-refractivity contribution in [2.75, 3.05) is 49.3 Å². The molecule has 0 radical (unpaired) electrons. The zero-order chi connectivity index (χ0) is 44.0. The summed E-state index contributed by atoms with van der Waals surface area (Å²) >= 11 is 16.4. The Morgan fingerprint density at radius 1 is 0.483 bits per heavy atom. The molecule has 0 spiro atoms. The number of unbranched alkanes of at least 4 members (excludes halogenated alkanes) is 3. The maximum atomic E-state index is 13.8. The average molecular weight is 896 g/mol. The summed E-state index contributed by atoms with van der Waals surface area (Å²) < 4.78 is 5.88. The SMILES string of the molecule is CC(C)(CCOC(C)(C)C)NC(=O)C(CCCCNC(=O)C(CCCCNC(=O)CCS)NC(=O)CCS)NC(=O)C(CCCCNC(=O)CCS)NC(=O)CCS. The molecule has 7 amide bonds. The quantitative estimate of drug-likeness (QED) is 0.0348. The number of hydrogen-bond acceptors (Lipinski definition) is 12. The van der Waals surface area contributed by atoms with Crippen molar-refractivity contribution in [2.45, 2.75) is 154 Å². The molecule has 0 saturated carbocycles. The van der Waals surface area contributed by atoms with E-state index in [0.717, 1.165) is 0 Å². The summed E-state index contributed by atoms with van der Waals surface area (Å²) in [5.41, 5.74) is -1.01. The van der Waals surface area contributed by atoms with Crippen molar-refractivity contribution >= 4 is 91.9 Å². The van der Waals surface area contributed by atoms with Crippen molar-refractivity contribution in [3.05, 3.63) is 0 Å². The van der Waals surface area contributed by atoms with Crippen LogP contribution in [-0.4, -0.2) is 120 Å². The van der Waals surface area contributed by atoms with Crippen LogP contribution in [0.2, 0.25) is 0 Å². The molecule has 336 valence electrons. The first-order chi connectivity index (χ1) is 27.4. The molecule has 0 bridgehead atoms. The number of carbonyl (C=O) groups is 7. The van der Waals surface area contributed by atoms with E-state index in [4.69, 9.17) is 4.74 Å². The van der Waals surface area contributed by atoms with Crippen LogP contribution in [0.1, 0.15) is 125 Å². The molecule has 7 N–H and O–H groups in total. The summed E-state index contributed by atoms with van der Waals surface area (Å²) in [6.07, 6.45) is 5.62. The fourth-order valence-electron chi connectivity index (χ4n) is 5.50. The summed E-state index contributed by atoms with van der Waals surface area (Å²) in [5.74, 6) is -0.527. The van der Waals surface area contributed by atoms with E-state index in [9.17, 15) is 33.6 Å². The first-order valence-corrected chi connectivity index (χ1v) is 23.0. The van der Waals surface area contributed by atoms with E-state index >= 15 is 0 Å². The second kappa shape index (κ2) is 32.4. The monoisotopic (exact) mass is 895 g/mol. The predicted octanol–water partition coefficient (Wildman–Crippen LogP) is 2.68. The smallest absolute Gasteiger partial charge is 0.243 e. The Morgan fingerprint density at radius 3 is 1.28 bits per heavy atom. The van der Waals surface area contributed by atoms with Crippen LogP contribution in [0, 0.1) is 0 Å². The van der Waals surface area contributed by atoms with Gasteiger partial charge in [0.15, 0.2) is 0 Å². The topological polar surface area (TPSA) is 213 Å². The molecule has 0 fully saturated rings. The molecule has 0 heterocycles. The lowest BCUT2D eigenvalue weighted by Crippen LogP contribution is -2.57. The highest BCUT2D eigenvalue weighted by Gasteiger charge is 2.30. The first-order valence-electron chi connectivity index (χ1n) is 20.5. The lowest BCUT2D eigenvalue weighted by atomic mass is 9.99. The summed E-state index contributed by atoms with van der Waals surface area (Å²) in [5, 5.41) is 20.0. The molecular weight excluding hydrogens is 823 g/mol. The maximum absolute atomic E-state index is 13.8. The molecule has 0 aliphatic rings. The molecule has 58 heavy (non-hydrogen) atoms. The molecule has 19 heteroatoms. The third-order valence-electron chi connectivity index (χ3n) is 8.72. The van der Waals surface area contributed by atoms with E-state index in [2.05, 4.69) is 87.7 Å². The van der Waals surface area contributed by atoms with Gasteiger partial charge in [0.1, 0.15) is 18.1 Å². The fourth-order valence-corrected chi connectivity index (χ4v) is 6.31. The van der Waals surface area contributed by atoms with Gasteiger partial charge in [-0.2, -0.15) is 50.5 Å². The van der Waals surface area contributed by atoms with Crippen LogP contribution in [0.25, 0.3) is 0 Å². The van der Waals surface area contributed by atoms with Gasteiger partial charge in [0.05, 0.1) is 5.60 Å². The Hall–Kier alpha value is -2.35. The Bertz CT molecular complexity index is 1260. The summed E-state index contributed by atoms with van der Waals surface area (Å²) in [4.78, 5) is 89.2. The van der Waals surface area contributed by atoms with Crippen LogP contribution in [0.5, 0.6) is 0 Å². The molecule has 3 atom stereocenters. The van der Waals surface area contributed by atoms with Crippen LogP contribution < -0.4 is 37.2 Å². The molecule has 0 rings (SSSR count). The maximum Gasteiger partial charge on any atom is 0.243 e. The molecule has 0 aliphatic heterocycles. The van der Waals surface area contributed by atoms with Crippen LogP contribution in [0.3, 0.4) is 0 Å². The number of amides is 7. The number of nitrogens with one attached hydrogen (secondary N) is 7. The van der Waals surface area contributed by atoms with Crippen LogP contribution >= 0.6 is 50.5 Å². The molecule has 0 saturated heterocycles. The van der Waals surface area contributed by atoms with Crippen LogP contribution in [0.4, 0.5) is 0 Å². The number of hydrogen-bond donors (Lipinski definition) is 11. The van der Waals surface area contributed by atoms with Crippen LogP contribution in [0.15, 0.2) is 0 Å². The Morgan fingerprint density at radius 2 is 0.862 bits per heavy atom. The van der Waals surface area contributed by atoms with E-state index in [1.165, 1.54) is 0 Å². The molecular formula is C39H73N7O8S4. The number of carbonyl (C=O) groups excluding carboxylic acids is 7. The van der Waals surface area contributed by atoms with Gasteiger partial charge in [0, 0.05) is 57.5 Å². The van der Waals surface area contributed by atoms with Crippen molar-refractivity contribution in [1.29, 1.82) is 0 Å². The highest BCUT2D eigenvalue weighted by Crippen LogP contribution is 2.15. The van der Waals surface area contributed by atoms with E-state index in [-0.39, 0.29) is 66.9 Å². The van der Waals surface area contributed by atoms with Gasteiger partial charge in [-0.25, -0.2) is 0 Å². The number of thiol groups is 4. The molecule has 0 aromatic carbocycles. The number of ether oxygens (including phenoxy) is 1. The predicted molar refractivity (Wildman–Crippen MR) is 243 cm³/mol. The Labute approximate surface area is 368 Å². The lowest BCUT2D eigenvalue weighted by Gasteiger charge is -2.31. The van der Waals surface area contributed by atoms with Crippen molar-refractivity contribution in [1.82, 2.24) is 37.2 Å². The van der Waals surface area contributed by atoms with Crippen molar-refractivity contribution in [3.63, 3.8) is 0 Å². The fraction of sp³-hybridized carbons (Fsp3) is 0.821. The zero-order valence-electron chi connectivity index (χ0n) is 35.3. The first kappa shape index (κ1) is 55.7. The molecule has 0 aromatic heterocycles. The number of rotatable bonds is 33. The molecule has 3 unspecified atom stereocenters. The average Bonchev–Trinajstić information content (AvgIpc) is 3.12. The lowest BCUT2D eigenvalue weighted by molar-refractivity contribution is -0.133. The van der Waals surface area contributed by atoms with Gasteiger partial charge >= 0.3 is 0 Å². The highest BCUT2D eigenvalue weighted by atomic mass is 32.1. The Balaban J connectivity index is 5.70. The van der Waals surface area contributed by atoms with Crippen molar-refractivity contribution in [3.8, 4) is 0 Å². The van der Waals surface area contributed by atoms with Gasteiger partial charge in [-0.3, -0.25) is 33.6 Å². The minimum atomic E-state index is -0.947. The Kier molecular flexibility index (Phi) is 31.1. The third kappa shape index (κ3) is 29.8. The van der Waals surface area contributed by atoms with E-state index < -0.39 is 29.6 Å². The standard InChI is InChI=1S/C39H73N7O8S4/c1-38(2,3)54-23-19-39(4,5)46-37(53)30(45-36(52)29(44-34(50)18-27-58)13-7-10-21-41-32(48)16-25-56)14-8-11-22-42-35(51)28(43-33(49)17-26-57)12-6-9-20-40-31(47)15-24-55/h28-30,55-58H,6-27H2,1-5H3,(H,40,47)(H,41,48)(H,42,51)(H,43,49)(H,44,50)(H,45,52)(H,46,53). The minimum Gasteiger partial charge on any atom is -0.376 e. The van der Waals surface area contributed by atoms with Gasteiger partial charge in [-0.05, 0) is 122 Å². The summed E-state index contributed by atoms with van der Waals surface area (Å²) in [7, 11) is 0. The largest absolute Gasteiger partial charge is 0.376 e. The summed E-state index contributed by atoms with van der Waals surface area (Å²) in [6, 6.07) is -2.62. The van der Waals surface area contributed by atoms with Crippen LogP contribution in [-0.2, 0) is 38.3 Å². The van der Waals surface area contributed by atoms with Gasteiger partial charge in [0.2, 0.25) is 41.4 Å². The van der Waals surface area contributed by atoms with E-state index in [1.807, 2.05) is 34.6 Å². The highest BCUT2D eigenvalue weighted by molar-refractivity contribution is 7.80. The van der Waals surface area contributed by atoms with Gasteiger partial charge in [0.25, 0.3) is 0 Å². The molecule has 0 aromatic rings. The zero-order valence-corrected chi connectivity index (χ0v) is 38.9. The van der Waals surface area contributed by atoms with E-state index in [0.29, 0.717) is 113 Å². The second-order valence-corrected chi connectivity index (χ2v) is 17.5. The van der Waals surface area contributed by atoms with Gasteiger partial charge < -0.3 is 42.0 Å². The van der Waals surface area contributed by atoms with Crippen molar-refractivity contribution < 1.29 is 38.3 Å². The van der Waals surface area contributed by atoms with Gasteiger partial charge in [-0.1, -0.05) is 0 Å². The molecule has 15 nitrogen and oxygen atoms in total. The van der Waals surface area contributed by atoms with Gasteiger partial charge in [-0.15, -0.1) is 0 Å². The normalized spacial score (nSPS) is 13.1. The van der Waals surface area contributed by atoms with Crippen molar-refractivity contribution in [2.24, 2.45) is 0 Å². The third-order valence-corrected chi connectivity index (χ3v) is 9.61. The minimum absolute atomic E-state index is 0.0881. The second-order valence-electron chi connectivity index (χ2n) is 15.8. The van der Waals surface area contributed by atoms with E-state index in [1.54, 1.807) is 0 Å². The summed E-state index contributed by atoms with van der Waals surface area (Å²) in [6.45, 7) is 11.2. The molecule has 0 aliphatic carbocycles.